The monoisotopic (exact) mass is 296 g/mol. The number of nitrogens with two attached hydrogens (primary N) is 1. The molecule has 7 nitrogen and oxygen atoms in total. The third kappa shape index (κ3) is 3.86. The Morgan fingerprint density at radius 2 is 2.26 bits per heavy atom. The van der Waals surface area contributed by atoms with Gasteiger partial charge < -0.3 is 11.1 Å². The number of amides is 1. The molecule has 0 aliphatic heterocycles. The molecule has 0 radical (unpaired) electrons. The Labute approximate surface area is 118 Å². The van der Waals surface area contributed by atoms with Crippen LogP contribution in [-0.4, -0.2) is 31.1 Å². The first-order valence-electron chi connectivity index (χ1n) is 5.39. The summed E-state index contributed by atoms with van der Waals surface area (Å²) >= 11 is 2.60. The van der Waals surface area contributed by atoms with Gasteiger partial charge in [0.25, 0.3) is 0 Å². The number of aromatic nitrogens is 4. The highest BCUT2D eigenvalue weighted by molar-refractivity contribution is 8.00. The smallest absolute Gasteiger partial charge is 0.239 e. The van der Waals surface area contributed by atoms with Crippen molar-refractivity contribution in [1.82, 2.24) is 19.9 Å². The summed E-state index contributed by atoms with van der Waals surface area (Å²) in [4.78, 5) is 27.7. The lowest BCUT2D eigenvalue weighted by atomic mass is 10.4. The summed E-state index contributed by atoms with van der Waals surface area (Å²) in [6, 6.07) is 0. The van der Waals surface area contributed by atoms with E-state index in [1.54, 1.807) is 6.92 Å². The van der Waals surface area contributed by atoms with E-state index in [4.69, 9.17) is 5.73 Å². The Kier molecular flexibility index (Phi) is 4.27. The maximum absolute atomic E-state index is 11.9. The minimum atomic E-state index is -0.356. The molecule has 1 unspecified atom stereocenters. The van der Waals surface area contributed by atoms with Gasteiger partial charge in [-0.25, -0.2) is 15.0 Å². The van der Waals surface area contributed by atoms with E-state index in [0.717, 1.165) is 5.69 Å². The maximum atomic E-state index is 11.9. The van der Waals surface area contributed by atoms with Gasteiger partial charge in [0.2, 0.25) is 11.9 Å². The number of thioether (sulfide) groups is 1. The normalized spacial score (nSPS) is 12.1. The molecule has 2 rings (SSSR count). The fourth-order valence-corrected chi connectivity index (χ4v) is 2.61. The Balaban J connectivity index is 1.96. The lowest BCUT2D eigenvalue weighted by molar-refractivity contribution is -0.115. The Bertz CT molecular complexity index is 587. The standard InChI is InChI=1S/C10H12N6OS2/c1-5-3-18-10(14-5)15-7(17)6(2)19-9-13-4-12-8(11)16-9/h3-4,6H,1-2H3,(H,14,15,17)(H2,11,12,13,16). The maximum Gasteiger partial charge on any atom is 0.239 e. The highest BCUT2D eigenvalue weighted by Gasteiger charge is 2.17. The molecule has 0 saturated heterocycles. The van der Waals surface area contributed by atoms with E-state index in [1.807, 2.05) is 12.3 Å². The molecule has 0 spiro atoms. The lowest BCUT2D eigenvalue weighted by Crippen LogP contribution is -2.22. The van der Waals surface area contributed by atoms with Crippen LogP contribution in [0, 0.1) is 6.92 Å². The predicted octanol–water partition coefficient (Wildman–Crippen LogP) is 1.34. The molecular formula is C10H12N6OS2. The summed E-state index contributed by atoms with van der Waals surface area (Å²) < 4.78 is 0. The van der Waals surface area contributed by atoms with Crippen LogP contribution in [0.3, 0.4) is 0 Å². The van der Waals surface area contributed by atoms with Crippen molar-refractivity contribution in [2.75, 3.05) is 11.1 Å². The van der Waals surface area contributed by atoms with E-state index < -0.39 is 0 Å². The molecule has 2 aromatic heterocycles. The molecule has 0 saturated carbocycles. The zero-order chi connectivity index (χ0) is 13.8. The molecule has 0 aliphatic rings. The molecular weight excluding hydrogens is 284 g/mol. The summed E-state index contributed by atoms with van der Waals surface area (Å²) in [5.74, 6) is -0.0148. The Hall–Kier alpha value is -1.74. The first-order chi connectivity index (χ1) is 9.04. The first kappa shape index (κ1) is 13.7. The third-order valence-corrected chi connectivity index (χ3v) is 3.92. The third-order valence-electron chi connectivity index (χ3n) is 2.07. The number of rotatable bonds is 4. The van der Waals surface area contributed by atoms with Gasteiger partial charge in [0.05, 0.1) is 10.9 Å². The van der Waals surface area contributed by atoms with E-state index >= 15 is 0 Å². The average Bonchev–Trinajstić information content (AvgIpc) is 2.74. The van der Waals surface area contributed by atoms with E-state index in [0.29, 0.717) is 10.3 Å². The van der Waals surface area contributed by atoms with Gasteiger partial charge in [-0.1, -0.05) is 11.8 Å². The molecule has 100 valence electrons. The lowest BCUT2D eigenvalue weighted by Gasteiger charge is -2.08. The topological polar surface area (TPSA) is 107 Å². The van der Waals surface area contributed by atoms with Gasteiger partial charge in [0.15, 0.2) is 10.3 Å². The predicted molar refractivity (Wildman–Crippen MR) is 75.0 cm³/mol. The van der Waals surface area contributed by atoms with Crippen LogP contribution >= 0.6 is 23.1 Å². The molecule has 2 aromatic rings. The van der Waals surface area contributed by atoms with Crippen molar-refractivity contribution in [3.05, 3.63) is 17.4 Å². The van der Waals surface area contributed by atoms with Gasteiger partial charge in [-0.2, -0.15) is 4.98 Å². The Morgan fingerprint density at radius 1 is 1.47 bits per heavy atom. The number of aryl methyl sites for hydroxylation is 1. The van der Waals surface area contributed by atoms with Crippen molar-refractivity contribution < 1.29 is 4.79 Å². The van der Waals surface area contributed by atoms with Gasteiger partial charge in [0.1, 0.15) is 6.33 Å². The summed E-state index contributed by atoms with van der Waals surface area (Å²) in [5.41, 5.74) is 6.33. The number of hydrogen-bond acceptors (Lipinski definition) is 8. The SMILES string of the molecule is Cc1csc(NC(=O)C(C)Sc2ncnc(N)n2)n1. The highest BCUT2D eigenvalue weighted by atomic mass is 32.2. The van der Waals surface area contributed by atoms with Crippen LogP contribution in [0.4, 0.5) is 11.1 Å². The number of nitrogens with zero attached hydrogens (tertiary/aromatic N) is 4. The zero-order valence-electron chi connectivity index (χ0n) is 10.3. The molecule has 2 heterocycles. The summed E-state index contributed by atoms with van der Waals surface area (Å²) in [5, 5.41) is 5.27. The van der Waals surface area contributed by atoms with Crippen LogP contribution in [-0.2, 0) is 4.79 Å². The number of thiazole rings is 1. The molecule has 19 heavy (non-hydrogen) atoms. The largest absolute Gasteiger partial charge is 0.368 e. The van der Waals surface area contributed by atoms with Crippen molar-refractivity contribution in [3.63, 3.8) is 0 Å². The van der Waals surface area contributed by atoms with Crippen molar-refractivity contribution in [2.24, 2.45) is 0 Å². The fourth-order valence-electron chi connectivity index (χ4n) is 1.18. The van der Waals surface area contributed by atoms with Crippen LogP contribution in [0.2, 0.25) is 0 Å². The van der Waals surface area contributed by atoms with E-state index in [-0.39, 0.29) is 17.1 Å². The minimum absolute atomic E-state index is 0.139. The molecule has 0 aliphatic carbocycles. The quantitative estimate of drug-likeness (QED) is 0.820. The number of carbonyl (C=O) groups is 1. The fraction of sp³-hybridized carbons (Fsp3) is 0.300. The Morgan fingerprint density at radius 3 is 2.89 bits per heavy atom. The molecule has 1 amide bonds. The van der Waals surface area contributed by atoms with Crippen molar-refractivity contribution >= 4 is 40.1 Å². The number of carbonyl (C=O) groups excluding carboxylic acids is 1. The van der Waals surface area contributed by atoms with Gasteiger partial charge in [-0.3, -0.25) is 4.79 Å². The minimum Gasteiger partial charge on any atom is -0.368 e. The van der Waals surface area contributed by atoms with Crippen molar-refractivity contribution in [1.29, 1.82) is 0 Å². The zero-order valence-corrected chi connectivity index (χ0v) is 12.0. The van der Waals surface area contributed by atoms with Crippen LogP contribution in [0.1, 0.15) is 12.6 Å². The summed E-state index contributed by atoms with van der Waals surface area (Å²) in [6.45, 7) is 3.64. The van der Waals surface area contributed by atoms with Gasteiger partial charge in [0, 0.05) is 5.38 Å². The van der Waals surface area contributed by atoms with Crippen LogP contribution < -0.4 is 11.1 Å². The molecule has 0 fully saturated rings. The number of nitrogens with one attached hydrogen (secondary N) is 1. The number of nitrogen functional groups attached to an aromatic ring is 1. The molecule has 9 heteroatoms. The second-order valence-corrected chi connectivity index (χ2v) is 5.84. The molecule has 0 bridgehead atoms. The van der Waals surface area contributed by atoms with Crippen LogP contribution in [0.25, 0.3) is 0 Å². The number of anilines is 2. The average molecular weight is 296 g/mol. The summed E-state index contributed by atoms with van der Waals surface area (Å²) in [7, 11) is 0. The second kappa shape index (κ2) is 5.93. The van der Waals surface area contributed by atoms with Crippen molar-refractivity contribution in [3.8, 4) is 0 Å². The first-order valence-corrected chi connectivity index (χ1v) is 7.14. The van der Waals surface area contributed by atoms with Crippen LogP contribution in [0.5, 0.6) is 0 Å². The number of hydrogen-bond donors (Lipinski definition) is 2. The second-order valence-electron chi connectivity index (χ2n) is 3.67. The van der Waals surface area contributed by atoms with Crippen molar-refractivity contribution in [2.45, 2.75) is 24.3 Å². The molecule has 3 N–H and O–H groups in total. The van der Waals surface area contributed by atoms with E-state index in [9.17, 15) is 4.79 Å². The molecule has 1 atom stereocenters. The van der Waals surface area contributed by atoms with E-state index in [1.165, 1.54) is 29.4 Å². The van der Waals surface area contributed by atoms with Gasteiger partial charge >= 0.3 is 0 Å². The van der Waals surface area contributed by atoms with Crippen LogP contribution in [0.15, 0.2) is 16.9 Å². The van der Waals surface area contributed by atoms with E-state index in [2.05, 4.69) is 25.3 Å². The van der Waals surface area contributed by atoms with Gasteiger partial charge in [-0.05, 0) is 13.8 Å². The molecule has 0 aromatic carbocycles. The highest BCUT2D eigenvalue weighted by Crippen LogP contribution is 2.21. The van der Waals surface area contributed by atoms with Gasteiger partial charge in [-0.15, -0.1) is 11.3 Å². The summed E-state index contributed by atoms with van der Waals surface area (Å²) in [6.07, 6.45) is 1.32.